The number of amides is 2. The molecule has 0 spiro atoms. The van der Waals surface area contributed by atoms with Gasteiger partial charge in [-0.25, -0.2) is 0 Å². The van der Waals surface area contributed by atoms with Gasteiger partial charge in [0.25, 0.3) is 0 Å². The van der Waals surface area contributed by atoms with Crippen molar-refractivity contribution in [3.8, 4) is 22.5 Å². The van der Waals surface area contributed by atoms with E-state index in [0.29, 0.717) is 154 Å². The van der Waals surface area contributed by atoms with Crippen molar-refractivity contribution in [2.75, 3.05) is 117 Å². The maximum Gasteiger partial charge on any atom is 0.220 e. The molecule has 6 aromatic carbocycles. The van der Waals surface area contributed by atoms with E-state index in [0.717, 1.165) is 104 Å². The number of carbonyl (C=O) groups excluding carboxylic acids is 2. The Kier molecular flexibility index (Phi) is 28.4. The molecule has 0 atom stereocenters. The largest absolute Gasteiger partial charge is 0.399 e. The number of unbranched alkanes of at least 4 members (excludes halogenated alkanes) is 4. The van der Waals surface area contributed by atoms with Crippen LogP contribution < -0.4 is 31.2 Å². The third kappa shape index (κ3) is 20.3. The molecular weight excluding hydrogens is 1120 g/mol. The number of nitrogens with zero attached hydrogens (tertiary/aromatic N) is 8. The topological polar surface area (TPSA) is 280 Å². The number of nitrogens with two attached hydrogens (primary N) is 2. The van der Waals surface area contributed by atoms with Gasteiger partial charge in [0, 0.05) is 105 Å². The quantitative estimate of drug-likeness (QED) is 0.00533. The number of hydrogen-bond donors (Lipinski definition) is 4. The number of pyridine rings is 2. The van der Waals surface area contributed by atoms with E-state index >= 15 is 0 Å². The van der Waals surface area contributed by atoms with Gasteiger partial charge in [0.05, 0.1) is 114 Å². The summed E-state index contributed by atoms with van der Waals surface area (Å²) in [5.74, 6) is -0.00460. The van der Waals surface area contributed by atoms with E-state index < -0.39 is 0 Å². The first-order valence-corrected chi connectivity index (χ1v) is 30.0. The average molecular weight is 1200 g/mol. The molecule has 0 fully saturated rings. The van der Waals surface area contributed by atoms with Gasteiger partial charge in [0.1, 0.15) is 13.1 Å². The van der Waals surface area contributed by atoms with Crippen LogP contribution in [0.5, 0.6) is 0 Å². The minimum Gasteiger partial charge on any atom is -0.399 e. The number of nitrogens with one attached hydrogen (secondary N) is 2. The molecule has 6 N–H and O–H groups in total. The molecule has 0 unspecified atom stereocenters. The Morgan fingerprint density at radius 3 is 1.10 bits per heavy atom. The van der Waals surface area contributed by atoms with Crippen LogP contribution in [-0.4, -0.2) is 117 Å². The van der Waals surface area contributed by atoms with Crippen molar-refractivity contribution < 1.29 is 51.9 Å². The Balaban J connectivity index is 0.0000110. The second-order valence-electron chi connectivity index (χ2n) is 20.7. The van der Waals surface area contributed by atoms with Crippen LogP contribution in [-0.2, 0) is 55.8 Å². The van der Waals surface area contributed by atoms with E-state index in [2.05, 4.69) is 64.1 Å². The highest BCUT2D eigenvalue weighted by Crippen LogP contribution is 2.37. The van der Waals surface area contributed by atoms with Crippen molar-refractivity contribution in [1.29, 1.82) is 0 Å². The maximum atomic E-state index is 12.6. The van der Waals surface area contributed by atoms with Gasteiger partial charge >= 0.3 is 0 Å². The summed E-state index contributed by atoms with van der Waals surface area (Å²) in [6.07, 6.45) is 5.78. The molecule has 464 valence electrons. The van der Waals surface area contributed by atoms with E-state index in [1.54, 1.807) is 0 Å². The highest BCUT2D eigenvalue weighted by atomic mass is 16.6. The summed E-state index contributed by atoms with van der Waals surface area (Å²) in [5, 5.41) is 19.9. The maximum absolute atomic E-state index is 12.6. The molecule has 21 nitrogen and oxygen atoms in total. The molecule has 8 aromatic rings. The zero-order valence-electron chi connectivity index (χ0n) is 49.5. The monoisotopic (exact) mass is 1200 g/mol. The number of aryl methyl sites for hydroxylation is 2. The van der Waals surface area contributed by atoms with Crippen molar-refractivity contribution in [1.82, 2.24) is 10.6 Å². The number of hydrogen-bond acceptors (Lipinski definition) is 13. The molecule has 0 saturated heterocycles. The molecular formula is C67H84N12O9+2. The highest BCUT2D eigenvalue weighted by molar-refractivity contribution is 6.11. The number of rotatable bonds is 40. The molecule has 0 aliphatic rings. The third-order valence-corrected chi connectivity index (χ3v) is 14.6. The Morgan fingerprint density at radius 1 is 0.409 bits per heavy atom. The standard InChI is InChI=1S/C66H78N12O9.CH4/c67-51-19-23-57-55-25-21-53(73-75-69)47-59(55)65(49-13-5-1-6-14-49)77(61(57)45-51)29-11-3-9-17-63(79)71-27-31-81-33-35-83-37-39-85-41-43-87-44-42-86-40-38-84-36-34-82-32-28-72-64(80)18-10-4-12-30-78-62-46-52(68)20-24-58(62)56-26-22-54(74-76-70)48-60(56)66(78)50-15-7-2-8-16-50;/h1-2,5-8,13-16,19-26,45-48,67-68H,3-4,9-12,17-18,27-44H2,(H2,71,72,79,80);1H4/p+2. The van der Waals surface area contributed by atoms with Gasteiger partial charge in [0.2, 0.25) is 34.2 Å². The zero-order chi connectivity index (χ0) is 60.7. The molecule has 0 radical (unpaired) electrons. The zero-order valence-corrected chi connectivity index (χ0v) is 49.5. The number of fused-ring (bicyclic) bond motifs is 6. The number of aromatic nitrogens is 2. The van der Waals surface area contributed by atoms with Crippen molar-refractivity contribution in [2.24, 2.45) is 10.2 Å². The fourth-order valence-corrected chi connectivity index (χ4v) is 10.6. The molecule has 2 heterocycles. The van der Waals surface area contributed by atoms with Gasteiger partial charge in [-0.2, -0.15) is 9.13 Å². The van der Waals surface area contributed by atoms with Gasteiger partial charge in [-0.15, -0.1) is 0 Å². The molecule has 2 aromatic heterocycles. The first-order chi connectivity index (χ1) is 42.8. The van der Waals surface area contributed by atoms with Crippen molar-refractivity contribution >= 4 is 77.9 Å². The molecule has 0 aliphatic carbocycles. The van der Waals surface area contributed by atoms with Gasteiger partial charge in [-0.1, -0.05) is 78.3 Å². The van der Waals surface area contributed by atoms with E-state index in [9.17, 15) is 9.59 Å². The highest BCUT2D eigenvalue weighted by Gasteiger charge is 2.26. The fraction of sp³-hybridized carbons (Fsp3) is 0.403. The summed E-state index contributed by atoms with van der Waals surface area (Å²) in [4.78, 5) is 31.3. The lowest BCUT2D eigenvalue weighted by atomic mass is 9.98. The minimum atomic E-state index is -0.00230. The lowest BCUT2D eigenvalue weighted by molar-refractivity contribution is -0.660. The molecule has 88 heavy (non-hydrogen) atoms. The lowest BCUT2D eigenvalue weighted by Gasteiger charge is -2.13. The van der Waals surface area contributed by atoms with Crippen molar-refractivity contribution in [2.45, 2.75) is 71.9 Å². The second kappa shape index (κ2) is 37.3. The van der Waals surface area contributed by atoms with E-state index in [1.165, 1.54) is 0 Å². The molecule has 8 rings (SSSR count). The van der Waals surface area contributed by atoms with Crippen molar-refractivity contribution in [3.05, 3.63) is 154 Å². The van der Waals surface area contributed by atoms with Gasteiger partial charge in [-0.05, 0) is 97.4 Å². The summed E-state index contributed by atoms with van der Waals surface area (Å²) in [6.45, 7) is 8.33. The molecule has 21 heteroatoms. The number of ether oxygens (including phenoxy) is 7. The van der Waals surface area contributed by atoms with E-state index in [1.807, 2.05) is 109 Å². The predicted octanol–water partition coefficient (Wildman–Crippen LogP) is 12.1. The van der Waals surface area contributed by atoms with Crippen LogP contribution in [0, 0.1) is 0 Å². The summed E-state index contributed by atoms with van der Waals surface area (Å²) in [5.41, 5.74) is 39.6. The lowest BCUT2D eigenvalue weighted by Crippen LogP contribution is -2.37. The summed E-state index contributed by atoms with van der Waals surface area (Å²) < 4.78 is 43.8. The summed E-state index contributed by atoms with van der Waals surface area (Å²) in [6, 6.07) is 43.9. The molecule has 0 bridgehead atoms. The first-order valence-electron chi connectivity index (χ1n) is 30.0. The smallest absolute Gasteiger partial charge is 0.220 e. The summed E-state index contributed by atoms with van der Waals surface area (Å²) in [7, 11) is 0. The van der Waals surface area contributed by atoms with Crippen LogP contribution in [0.15, 0.2) is 144 Å². The summed E-state index contributed by atoms with van der Waals surface area (Å²) >= 11 is 0. The second-order valence-corrected chi connectivity index (χ2v) is 20.7. The number of anilines is 2. The van der Waals surface area contributed by atoms with Crippen LogP contribution in [0.4, 0.5) is 22.7 Å². The third-order valence-electron chi connectivity index (χ3n) is 14.6. The van der Waals surface area contributed by atoms with Crippen LogP contribution in [0.3, 0.4) is 0 Å². The Bertz CT molecular complexity index is 3370. The number of carbonyl (C=O) groups is 2. The predicted molar refractivity (Wildman–Crippen MR) is 346 cm³/mol. The van der Waals surface area contributed by atoms with Crippen LogP contribution in [0.2, 0.25) is 0 Å². The molecule has 0 saturated carbocycles. The number of nitrogen functional groups attached to an aromatic ring is 2. The Hall–Kier alpha value is -8.46. The SMILES string of the molecule is C.[N-]=[N+]=Nc1ccc2c(c1)c(-c1ccccc1)[n+](CCCCCC(=O)NCCOCCOCCOCCOCCOCCOCCOCCNC(=O)CCCCC[n+]1c(-c3ccccc3)c3cc(N=[N+]=[N-])ccc3c3ccc(N)cc31)c1cc(N)ccc21. The van der Waals surface area contributed by atoms with E-state index in [4.69, 9.17) is 55.7 Å². The van der Waals surface area contributed by atoms with Gasteiger partial charge in [-0.3, -0.25) is 9.59 Å². The van der Waals surface area contributed by atoms with Crippen LogP contribution in [0.25, 0.3) is 86.8 Å². The number of azide groups is 2. The fourth-order valence-electron chi connectivity index (χ4n) is 10.6. The van der Waals surface area contributed by atoms with Gasteiger partial charge in [0.15, 0.2) is 0 Å². The van der Waals surface area contributed by atoms with Gasteiger partial charge < -0.3 is 55.3 Å². The van der Waals surface area contributed by atoms with Crippen LogP contribution in [0.1, 0.15) is 58.8 Å². The Labute approximate surface area is 514 Å². The normalized spacial score (nSPS) is 11.2. The molecule has 0 aliphatic heterocycles. The average Bonchev–Trinajstić information content (AvgIpc) is 0.809. The number of benzene rings is 6. The van der Waals surface area contributed by atoms with Crippen molar-refractivity contribution in [3.63, 3.8) is 0 Å². The first kappa shape index (κ1) is 67.1. The molecule has 2 amide bonds. The van der Waals surface area contributed by atoms with Crippen LogP contribution >= 0.6 is 0 Å². The Morgan fingerprint density at radius 2 is 0.750 bits per heavy atom. The minimum absolute atomic E-state index is 0. The van der Waals surface area contributed by atoms with E-state index in [-0.39, 0.29) is 19.2 Å².